The minimum atomic E-state index is -0.750. The van der Waals surface area contributed by atoms with Gasteiger partial charge in [-0.15, -0.1) is 0 Å². The van der Waals surface area contributed by atoms with E-state index in [-0.39, 0.29) is 11.8 Å². The lowest BCUT2D eigenvalue weighted by Crippen LogP contribution is -2.54. The van der Waals surface area contributed by atoms with E-state index in [2.05, 4.69) is 10.7 Å². The number of amides is 3. The quantitative estimate of drug-likeness (QED) is 0.788. The highest BCUT2D eigenvalue weighted by atomic mass is 16.2. The van der Waals surface area contributed by atoms with E-state index in [0.717, 1.165) is 29.5 Å². The summed E-state index contributed by atoms with van der Waals surface area (Å²) in [7, 11) is 0. The molecule has 29 heavy (non-hydrogen) atoms. The third-order valence-electron chi connectivity index (χ3n) is 5.20. The molecule has 3 amide bonds. The van der Waals surface area contributed by atoms with E-state index >= 15 is 0 Å². The largest absolute Gasteiger partial charge is 0.345 e. The normalized spacial score (nSPS) is 16.3. The van der Waals surface area contributed by atoms with Crippen LogP contribution in [0.25, 0.3) is 11.1 Å². The molecule has 0 bridgehead atoms. The number of rotatable bonds is 6. The van der Waals surface area contributed by atoms with Gasteiger partial charge in [0, 0.05) is 12.0 Å². The Morgan fingerprint density at radius 1 is 1.07 bits per heavy atom. The first-order chi connectivity index (χ1) is 13.9. The van der Waals surface area contributed by atoms with Crippen LogP contribution in [0.1, 0.15) is 51.5 Å². The van der Waals surface area contributed by atoms with Crippen LogP contribution in [0.2, 0.25) is 0 Å². The number of hydrogen-bond donors (Lipinski definition) is 2. The molecule has 1 heterocycles. The Labute approximate surface area is 171 Å². The predicted molar refractivity (Wildman–Crippen MR) is 113 cm³/mol. The second kappa shape index (κ2) is 8.90. The Morgan fingerprint density at radius 2 is 1.72 bits per heavy atom. The third kappa shape index (κ3) is 4.31. The summed E-state index contributed by atoms with van der Waals surface area (Å²) in [5, 5.41) is 4.01. The summed E-state index contributed by atoms with van der Waals surface area (Å²) < 4.78 is 0. The van der Waals surface area contributed by atoms with Crippen molar-refractivity contribution >= 4 is 23.4 Å². The summed E-state index contributed by atoms with van der Waals surface area (Å²) in [5.74, 6) is -1.25. The number of hydrazine groups is 1. The molecule has 3 rings (SSSR count). The van der Waals surface area contributed by atoms with E-state index < -0.39 is 17.9 Å². The molecule has 2 atom stereocenters. The Kier molecular flexibility index (Phi) is 6.32. The van der Waals surface area contributed by atoms with Gasteiger partial charge in [-0.2, -0.15) is 0 Å². The first-order valence-corrected chi connectivity index (χ1v) is 10.1. The summed E-state index contributed by atoms with van der Waals surface area (Å²) in [5.41, 5.74) is 6.11. The second-order valence-electron chi connectivity index (χ2n) is 7.37. The number of carbonyl (C=O) groups is 3. The standard InChI is InChI=1S/C23H27N3O3/c1-4-5-14-21(27)24-16(3)22(28)25-26-20-13-9-8-12-19(20)18-11-7-6-10-17(18)15(2)23(26)29/h6-13,15-16H,4-5,14H2,1-3H3,(H,24,27)(H,25,28)/t15?,16-/m0/s1. The number of anilines is 1. The van der Waals surface area contributed by atoms with Gasteiger partial charge in [0.1, 0.15) is 6.04 Å². The van der Waals surface area contributed by atoms with Crippen molar-refractivity contribution in [3.8, 4) is 11.1 Å². The van der Waals surface area contributed by atoms with Crippen molar-refractivity contribution < 1.29 is 14.4 Å². The second-order valence-corrected chi connectivity index (χ2v) is 7.37. The summed E-state index contributed by atoms with van der Waals surface area (Å²) in [6.45, 7) is 5.46. The topological polar surface area (TPSA) is 78.5 Å². The summed E-state index contributed by atoms with van der Waals surface area (Å²) in [6, 6.07) is 14.5. The van der Waals surface area contributed by atoms with Crippen molar-refractivity contribution in [2.45, 2.75) is 52.0 Å². The monoisotopic (exact) mass is 393 g/mol. The zero-order chi connectivity index (χ0) is 21.0. The molecule has 0 radical (unpaired) electrons. The highest BCUT2D eigenvalue weighted by Gasteiger charge is 2.33. The molecule has 0 fully saturated rings. The fourth-order valence-electron chi connectivity index (χ4n) is 3.50. The summed E-state index contributed by atoms with van der Waals surface area (Å²) in [6.07, 6.45) is 2.06. The van der Waals surface area contributed by atoms with E-state index in [1.165, 1.54) is 5.01 Å². The maximum atomic E-state index is 13.2. The molecule has 0 saturated carbocycles. The molecular weight excluding hydrogens is 366 g/mol. The van der Waals surface area contributed by atoms with Crippen LogP contribution in [-0.4, -0.2) is 23.8 Å². The molecule has 2 aromatic rings. The summed E-state index contributed by atoms with van der Waals surface area (Å²) >= 11 is 0. The predicted octanol–water partition coefficient (Wildman–Crippen LogP) is 3.53. The molecule has 152 valence electrons. The summed E-state index contributed by atoms with van der Waals surface area (Å²) in [4.78, 5) is 37.9. The van der Waals surface area contributed by atoms with E-state index in [9.17, 15) is 14.4 Å². The van der Waals surface area contributed by atoms with Crippen LogP contribution in [0.3, 0.4) is 0 Å². The highest BCUT2D eigenvalue weighted by molar-refractivity contribution is 6.06. The van der Waals surface area contributed by atoms with Gasteiger partial charge < -0.3 is 5.32 Å². The van der Waals surface area contributed by atoms with E-state index in [4.69, 9.17) is 0 Å². The van der Waals surface area contributed by atoms with Crippen molar-refractivity contribution in [1.82, 2.24) is 10.7 Å². The van der Waals surface area contributed by atoms with Gasteiger partial charge in [0.15, 0.2) is 0 Å². The maximum absolute atomic E-state index is 13.2. The van der Waals surface area contributed by atoms with Crippen molar-refractivity contribution in [2.24, 2.45) is 0 Å². The molecule has 1 unspecified atom stereocenters. The van der Waals surface area contributed by atoms with Crippen LogP contribution < -0.4 is 15.8 Å². The number of unbranched alkanes of at least 4 members (excludes halogenated alkanes) is 1. The highest BCUT2D eigenvalue weighted by Crippen LogP contribution is 2.39. The smallest absolute Gasteiger partial charge is 0.261 e. The number of nitrogens with one attached hydrogen (secondary N) is 2. The molecule has 1 aliphatic rings. The lowest BCUT2D eigenvalue weighted by molar-refractivity contribution is -0.130. The van der Waals surface area contributed by atoms with E-state index in [1.54, 1.807) is 6.92 Å². The molecule has 6 heteroatoms. The number of fused-ring (bicyclic) bond motifs is 3. The van der Waals surface area contributed by atoms with Gasteiger partial charge in [-0.05, 0) is 37.5 Å². The van der Waals surface area contributed by atoms with Crippen LogP contribution >= 0.6 is 0 Å². The van der Waals surface area contributed by atoms with Crippen molar-refractivity contribution in [3.05, 3.63) is 54.1 Å². The van der Waals surface area contributed by atoms with Gasteiger partial charge in [-0.25, -0.2) is 5.01 Å². The van der Waals surface area contributed by atoms with Gasteiger partial charge in [0.25, 0.3) is 11.8 Å². The number of benzene rings is 2. The van der Waals surface area contributed by atoms with Crippen LogP contribution in [0.4, 0.5) is 5.69 Å². The number of hydrogen-bond acceptors (Lipinski definition) is 3. The van der Waals surface area contributed by atoms with Crippen molar-refractivity contribution in [2.75, 3.05) is 5.01 Å². The number of carbonyl (C=O) groups excluding carboxylic acids is 3. The van der Waals surface area contributed by atoms with Gasteiger partial charge in [-0.1, -0.05) is 55.8 Å². The molecule has 0 saturated heterocycles. The first kappa shape index (κ1) is 20.6. The number of para-hydroxylation sites is 1. The van der Waals surface area contributed by atoms with Crippen LogP contribution in [0.15, 0.2) is 48.5 Å². The van der Waals surface area contributed by atoms with Gasteiger partial charge in [0.2, 0.25) is 5.91 Å². The first-order valence-electron chi connectivity index (χ1n) is 10.1. The van der Waals surface area contributed by atoms with Gasteiger partial charge in [-0.3, -0.25) is 19.8 Å². The minimum Gasteiger partial charge on any atom is -0.345 e. The number of nitrogens with zero attached hydrogens (tertiary/aromatic N) is 1. The van der Waals surface area contributed by atoms with Crippen molar-refractivity contribution in [1.29, 1.82) is 0 Å². The Bertz CT molecular complexity index is 925. The molecule has 6 nitrogen and oxygen atoms in total. The van der Waals surface area contributed by atoms with Gasteiger partial charge in [0.05, 0.1) is 11.6 Å². The zero-order valence-corrected chi connectivity index (χ0v) is 17.1. The molecule has 0 aliphatic carbocycles. The SMILES string of the molecule is CCCCC(=O)N[C@@H](C)C(=O)NN1C(=O)C(C)c2ccccc2-c2ccccc21. The van der Waals surface area contributed by atoms with Crippen LogP contribution in [0.5, 0.6) is 0 Å². The molecular formula is C23H27N3O3. The van der Waals surface area contributed by atoms with Crippen molar-refractivity contribution in [3.63, 3.8) is 0 Å². The lowest BCUT2D eigenvalue weighted by Gasteiger charge is -2.27. The van der Waals surface area contributed by atoms with E-state index in [1.807, 2.05) is 62.4 Å². The van der Waals surface area contributed by atoms with Crippen LogP contribution in [0, 0.1) is 0 Å². The van der Waals surface area contributed by atoms with E-state index in [0.29, 0.717) is 12.1 Å². The molecule has 2 aromatic carbocycles. The minimum absolute atomic E-state index is 0.169. The average molecular weight is 393 g/mol. The Morgan fingerprint density at radius 3 is 2.45 bits per heavy atom. The third-order valence-corrected chi connectivity index (χ3v) is 5.20. The zero-order valence-electron chi connectivity index (χ0n) is 17.1. The lowest BCUT2D eigenvalue weighted by atomic mass is 9.92. The fourth-order valence-corrected chi connectivity index (χ4v) is 3.50. The molecule has 2 N–H and O–H groups in total. The Hall–Kier alpha value is -3.15. The van der Waals surface area contributed by atoms with Gasteiger partial charge >= 0.3 is 0 Å². The van der Waals surface area contributed by atoms with Crippen LogP contribution in [-0.2, 0) is 14.4 Å². The molecule has 0 aromatic heterocycles. The molecule has 1 aliphatic heterocycles. The average Bonchev–Trinajstić information content (AvgIpc) is 2.82. The Balaban J connectivity index is 1.87. The maximum Gasteiger partial charge on any atom is 0.261 e. The fraction of sp³-hybridized carbons (Fsp3) is 0.348. The molecule has 0 spiro atoms.